The van der Waals surface area contributed by atoms with Crippen LogP contribution in [0, 0.1) is 0 Å². The van der Waals surface area contributed by atoms with Gasteiger partial charge in [-0.15, -0.1) is 0 Å². The maximum absolute atomic E-state index is 4.82. The van der Waals surface area contributed by atoms with E-state index in [2.05, 4.69) is 39.6 Å². The molecule has 2 aliphatic rings. The molecule has 1 saturated carbocycles. The van der Waals surface area contributed by atoms with Crippen LogP contribution >= 0.6 is 11.5 Å². The summed E-state index contributed by atoms with van der Waals surface area (Å²) in [4.78, 5) is 7.34. The average Bonchev–Trinajstić information content (AvgIpc) is 3.27. The lowest BCUT2D eigenvalue weighted by Gasteiger charge is -2.35. The zero-order chi connectivity index (χ0) is 14.1. The SMILES string of the molecule is c1ccc(CC2CCCCN2c2nc(C3CC3)ns2)cc1. The Morgan fingerprint density at radius 1 is 1.10 bits per heavy atom. The molecule has 1 aromatic carbocycles. The van der Waals surface area contributed by atoms with Crippen LogP contribution in [0.4, 0.5) is 5.13 Å². The van der Waals surface area contributed by atoms with E-state index in [0.29, 0.717) is 12.0 Å². The molecule has 2 fully saturated rings. The zero-order valence-corrected chi connectivity index (χ0v) is 13.1. The number of hydrogen-bond donors (Lipinski definition) is 0. The lowest BCUT2D eigenvalue weighted by atomic mass is 9.96. The molecule has 110 valence electrons. The van der Waals surface area contributed by atoms with Crippen molar-refractivity contribution in [2.45, 2.75) is 50.5 Å². The highest BCUT2D eigenvalue weighted by Gasteiger charge is 2.30. The van der Waals surface area contributed by atoms with Gasteiger partial charge in [0.25, 0.3) is 0 Å². The van der Waals surface area contributed by atoms with Gasteiger partial charge in [0, 0.05) is 30.0 Å². The van der Waals surface area contributed by atoms with E-state index in [4.69, 9.17) is 4.98 Å². The van der Waals surface area contributed by atoms with Gasteiger partial charge in [0.05, 0.1) is 0 Å². The molecule has 1 aliphatic carbocycles. The van der Waals surface area contributed by atoms with Crippen LogP contribution in [0.15, 0.2) is 30.3 Å². The van der Waals surface area contributed by atoms with Crippen molar-refractivity contribution in [1.82, 2.24) is 9.36 Å². The van der Waals surface area contributed by atoms with Crippen molar-refractivity contribution in [2.24, 2.45) is 0 Å². The molecule has 0 amide bonds. The molecule has 4 rings (SSSR count). The van der Waals surface area contributed by atoms with Gasteiger partial charge in [0.1, 0.15) is 5.82 Å². The maximum Gasteiger partial charge on any atom is 0.205 e. The minimum atomic E-state index is 0.584. The Morgan fingerprint density at radius 3 is 2.76 bits per heavy atom. The third-order valence-corrected chi connectivity index (χ3v) is 5.33. The summed E-state index contributed by atoms with van der Waals surface area (Å²) in [5, 5.41) is 1.15. The Labute approximate surface area is 130 Å². The van der Waals surface area contributed by atoms with E-state index in [1.54, 1.807) is 11.5 Å². The van der Waals surface area contributed by atoms with Crippen molar-refractivity contribution in [3.05, 3.63) is 41.7 Å². The molecule has 1 saturated heterocycles. The molecule has 1 aromatic heterocycles. The van der Waals surface area contributed by atoms with Gasteiger partial charge in [-0.2, -0.15) is 4.37 Å². The summed E-state index contributed by atoms with van der Waals surface area (Å²) in [6.07, 6.45) is 7.57. The highest BCUT2D eigenvalue weighted by atomic mass is 32.1. The minimum Gasteiger partial charge on any atom is -0.344 e. The molecule has 0 radical (unpaired) electrons. The number of rotatable bonds is 4. The van der Waals surface area contributed by atoms with Crippen molar-refractivity contribution in [3.63, 3.8) is 0 Å². The maximum atomic E-state index is 4.82. The third-order valence-electron chi connectivity index (χ3n) is 4.56. The minimum absolute atomic E-state index is 0.584. The number of hydrogen-bond acceptors (Lipinski definition) is 4. The second kappa shape index (κ2) is 5.76. The second-order valence-electron chi connectivity index (χ2n) is 6.24. The second-order valence-corrected chi connectivity index (χ2v) is 6.97. The summed E-state index contributed by atoms with van der Waals surface area (Å²) in [5.41, 5.74) is 1.43. The van der Waals surface area contributed by atoms with Crippen LogP contribution in [0.25, 0.3) is 0 Å². The standard InChI is InChI=1S/C17H21N3S/c1-2-6-13(7-3-1)12-15-8-4-5-11-20(15)17-18-16(19-21-17)14-9-10-14/h1-3,6-7,14-15H,4-5,8-12H2. The average molecular weight is 299 g/mol. The van der Waals surface area contributed by atoms with Crippen LogP contribution in [0.1, 0.15) is 49.4 Å². The molecule has 3 nitrogen and oxygen atoms in total. The largest absolute Gasteiger partial charge is 0.344 e. The van der Waals surface area contributed by atoms with Crippen LogP contribution in [0.3, 0.4) is 0 Å². The molecule has 4 heteroatoms. The molecule has 0 N–H and O–H groups in total. The number of anilines is 1. The molecule has 0 bridgehead atoms. The first-order valence-corrected chi connectivity index (χ1v) is 8.81. The van der Waals surface area contributed by atoms with E-state index in [9.17, 15) is 0 Å². The number of piperidine rings is 1. The van der Waals surface area contributed by atoms with E-state index in [1.807, 2.05) is 0 Å². The van der Waals surface area contributed by atoms with E-state index in [-0.39, 0.29) is 0 Å². The number of aromatic nitrogens is 2. The van der Waals surface area contributed by atoms with Gasteiger partial charge in [-0.1, -0.05) is 30.3 Å². The molecular formula is C17H21N3S. The van der Waals surface area contributed by atoms with E-state index in [0.717, 1.165) is 23.9 Å². The lowest BCUT2D eigenvalue weighted by Crippen LogP contribution is -2.41. The monoisotopic (exact) mass is 299 g/mol. The third kappa shape index (κ3) is 2.95. The van der Waals surface area contributed by atoms with E-state index < -0.39 is 0 Å². The van der Waals surface area contributed by atoms with Gasteiger partial charge in [-0.05, 0) is 44.1 Å². The Kier molecular flexibility index (Phi) is 3.63. The highest BCUT2D eigenvalue weighted by molar-refractivity contribution is 7.09. The Morgan fingerprint density at radius 2 is 1.95 bits per heavy atom. The summed E-state index contributed by atoms with van der Waals surface area (Å²) in [6, 6.07) is 11.4. The molecule has 2 heterocycles. The Hall–Kier alpha value is -1.42. The highest BCUT2D eigenvalue weighted by Crippen LogP contribution is 2.40. The van der Waals surface area contributed by atoms with Gasteiger partial charge >= 0.3 is 0 Å². The molecular weight excluding hydrogens is 278 g/mol. The van der Waals surface area contributed by atoms with Crippen molar-refractivity contribution in [3.8, 4) is 0 Å². The van der Waals surface area contributed by atoms with E-state index in [1.165, 1.54) is 37.7 Å². The van der Waals surface area contributed by atoms with Gasteiger partial charge in [-0.3, -0.25) is 0 Å². The van der Waals surface area contributed by atoms with E-state index >= 15 is 0 Å². The first-order valence-electron chi connectivity index (χ1n) is 8.04. The molecule has 1 aliphatic heterocycles. The Bertz CT molecular complexity index is 591. The molecule has 1 unspecified atom stereocenters. The summed E-state index contributed by atoms with van der Waals surface area (Å²) >= 11 is 1.60. The van der Waals surface area contributed by atoms with Crippen molar-refractivity contribution >= 4 is 16.7 Å². The molecule has 2 aromatic rings. The smallest absolute Gasteiger partial charge is 0.205 e. The number of benzene rings is 1. The van der Waals surface area contributed by atoms with Gasteiger partial charge in [0.15, 0.2) is 0 Å². The van der Waals surface area contributed by atoms with Gasteiger partial charge in [0.2, 0.25) is 5.13 Å². The summed E-state index contributed by atoms with van der Waals surface area (Å²) in [6.45, 7) is 1.14. The predicted octanol–water partition coefficient (Wildman–Crippen LogP) is 4.02. The first-order chi connectivity index (χ1) is 10.4. The van der Waals surface area contributed by atoms with Crippen LogP contribution in [0.2, 0.25) is 0 Å². The van der Waals surface area contributed by atoms with Crippen molar-refractivity contribution < 1.29 is 0 Å². The quantitative estimate of drug-likeness (QED) is 0.854. The van der Waals surface area contributed by atoms with Gasteiger partial charge < -0.3 is 4.90 Å². The Balaban J connectivity index is 1.52. The topological polar surface area (TPSA) is 29.0 Å². The van der Waals surface area contributed by atoms with Crippen LogP contribution in [-0.2, 0) is 6.42 Å². The zero-order valence-electron chi connectivity index (χ0n) is 12.2. The predicted molar refractivity (Wildman–Crippen MR) is 87.0 cm³/mol. The summed E-state index contributed by atoms with van der Waals surface area (Å²) < 4.78 is 4.58. The number of nitrogens with zero attached hydrogens (tertiary/aromatic N) is 3. The fraction of sp³-hybridized carbons (Fsp3) is 0.529. The first kappa shape index (κ1) is 13.3. The van der Waals surface area contributed by atoms with Crippen molar-refractivity contribution in [1.29, 1.82) is 0 Å². The summed E-state index contributed by atoms with van der Waals surface area (Å²) in [7, 11) is 0. The normalized spacial score (nSPS) is 22.5. The fourth-order valence-corrected chi connectivity index (χ4v) is 4.05. The van der Waals surface area contributed by atoms with Gasteiger partial charge in [-0.25, -0.2) is 4.98 Å². The van der Waals surface area contributed by atoms with Crippen LogP contribution in [-0.4, -0.2) is 21.9 Å². The fourth-order valence-electron chi connectivity index (χ4n) is 3.20. The molecule has 1 atom stereocenters. The molecule has 0 spiro atoms. The van der Waals surface area contributed by atoms with Crippen molar-refractivity contribution in [2.75, 3.05) is 11.4 Å². The molecule has 21 heavy (non-hydrogen) atoms. The summed E-state index contributed by atoms with van der Waals surface area (Å²) in [5.74, 6) is 1.76. The van der Waals surface area contributed by atoms with Crippen LogP contribution in [0.5, 0.6) is 0 Å². The lowest BCUT2D eigenvalue weighted by molar-refractivity contribution is 0.456. The van der Waals surface area contributed by atoms with Crippen LogP contribution < -0.4 is 4.90 Å².